The fraction of sp³-hybridized carbons (Fsp3) is 1.00. The summed E-state index contributed by atoms with van der Waals surface area (Å²) >= 11 is 2.12. The van der Waals surface area contributed by atoms with Crippen LogP contribution >= 0.6 is 11.8 Å². The molecule has 1 atom stereocenters. The van der Waals surface area contributed by atoms with Crippen LogP contribution in [0.15, 0.2) is 0 Å². The average Bonchev–Trinajstić information content (AvgIpc) is 2.33. The molecule has 0 aliphatic carbocycles. The van der Waals surface area contributed by atoms with E-state index in [1.54, 1.807) is 0 Å². The monoisotopic (exact) mass is 243 g/mol. The molecular weight excluding hydrogens is 214 g/mol. The van der Waals surface area contributed by atoms with Crippen LogP contribution in [0.4, 0.5) is 0 Å². The minimum absolute atomic E-state index is 0.728. The molecule has 1 N–H and O–H groups in total. The largest absolute Gasteiger partial charge is 0.314 e. The second kappa shape index (κ2) is 9.35. The zero-order valence-electron chi connectivity index (χ0n) is 11.1. The lowest BCUT2D eigenvalue weighted by Gasteiger charge is -2.23. The molecule has 0 amide bonds. The van der Waals surface area contributed by atoms with E-state index in [0.717, 1.165) is 12.0 Å². The van der Waals surface area contributed by atoms with Crippen LogP contribution in [0.25, 0.3) is 0 Å². The number of hydrogen-bond acceptors (Lipinski definition) is 2. The van der Waals surface area contributed by atoms with Gasteiger partial charge in [-0.15, -0.1) is 0 Å². The standard InChI is InChI=1S/C14H29NS/c1-3-4-5-6-7-13(2)15-12-14-8-10-16-11-9-14/h13-15H,3-12H2,1-2H3. The maximum atomic E-state index is 3.72. The zero-order valence-corrected chi connectivity index (χ0v) is 12.0. The van der Waals surface area contributed by atoms with Crippen molar-refractivity contribution in [3.05, 3.63) is 0 Å². The van der Waals surface area contributed by atoms with E-state index in [1.807, 2.05) is 0 Å². The summed E-state index contributed by atoms with van der Waals surface area (Å²) in [7, 11) is 0. The molecule has 0 bridgehead atoms. The number of unbranched alkanes of at least 4 members (excludes halogenated alkanes) is 3. The Morgan fingerprint density at radius 2 is 1.94 bits per heavy atom. The summed E-state index contributed by atoms with van der Waals surface area (Å²) in [5.41, 5.74) is 0. The lowest BCUT2D eigenvalue weighted by Crippen LogP contribution is -2.32. The summed E-state index contributed by atoms with van der Waals surface area (Å²) in [4.78, 5) is 0. The summed E-state index contributed by atoms with van der Waals surface area (Å²) in [6.45, 7) is 5.89. The molecule has 1 aliphatic rings. The normalized spacial score (nSPS) is 19.9. The summed E-state index contributed by atoms with van der Waals surface area (Å²) in [6.07, 6.45) is 9.81. The molecule has 0 spiro atoms. The zero-order chi connectivity index (χ0) is 11.6. The SMILES string of the molecule is CCCCCCC(C)NCC1CCSCC1. The third-order valence-corrected chi connectivity index (χ3v) is 4.64. The highest BCUT2D eigenvalue weighted by atomic mass is 32.2. The van der Waals surface area contributed by atoms with Gasteiger partial charge < -0.3 is 5.32 Å². The van der Waals surface area contributed by atoms with Crippen molar-refractivity contribution in [3.8, 4) is 0 Å². The molecule has 1 heterocycles. The van der Waals surface area contributed by atoms with Crippen molar-refractivity contribution in [2.45, 2.75) is 64.8 Å². The van der Waals surface area contributed by atoms with Crippen LogP contribution in [0.1, 0.15) is 58.8 Å². The van der Waals surface area contributed by atoms with Gasteiger partial charge in [0.1, 0.15) is 0 Å². The van der Waals surface area contributed by atoms with Crippen LogP contribution in [0.2, 0.25) is 0 Å². The number of thioether (sulfide) groups is 1. The highest BCUT2D eigenvalue weighted by Crippen LogP contribution is 2.22. The van der Waals surface area contributed by atoms with E-state index in [0.29, 0.717) is 0 Å². The van der Waals surface area contributed by atoms with Gasteiger partial charge in [-0.3, -0.25) is 0 Å². The molecule has 0 saturated carbocycles. The minimum Gasteiger partial charge on any atom is -0.314 e. The second-order valence-electron chi connectivity index (χ2n) is 5.21. The third-order valence-electron chi connectivity index (χ3n) is 3.59. The van der Waals surface area contributed by atoms with E-state index >= 15 is 0 Å². The number of nitrogens with one attached hydrogen (secondary N) is 1. The van der Waals surface area contributed by atoms with E-state index < -0.39 is 0 Å². The van der Waals surface area contributed by atoms with Gasteiger partial charge in [-0.05, 0) is 50.2 Å². The van der Waals surface area contributed by atoms with E-state index in [2.05, 4.69) is 30.9 Å². The Hall–Kier alpha value is 0.310. The fourth-order valence-corrected chi connectivity index (χ4v) is 3.50. The smallest absolute Gasteiger partial charge is 0.00388 e. The van der Waals surface area contributed by atoms with Gasteiger partial charge in [-0.1, -0.05) is 32.6 Å². The Labute approximate surface area is 106 Å². The van der Waals surface area contributed by atoms with Crippen LogP contribution in [0, 0.1) is 5.92 Å². The van der Waals surface area contributed by atoms with Crippen molar-refractivity contribution < 1.29 is 0 Å². The minimum atomic E-state index is 0.728. The molecule has 1 fully saturated rings. The first-order valence-electron chi connectivity index (χ1n) is 7.14. The van der Waals surface area contributed by atoms with E-state index in [4.69, 9.17) is 0 Å². The van der Waals surface area contributed by atoms with Crippen molar-refractivity contribution in [3.63, 3.8) is 0 Å². The van der Waals surface area contributed by atoms with Gasteiger partial charge in [-0.2, -0.15) is 11.8 Å². The van der Waals surface area contributed by atoms with Crippen molar-refractivity contribution in [2.24, 2.45) is 5.92 Å². The van der Waals surface area contributed by atoms with Gasteiger partial charge in [0, 0.05) is 6.04 Å². The highest BCUT2D eigenvalue weighted by molar-refractivity contribution is 7.99. The maximum absolute atomic E-state index is 3.72. The predicted molar refractivity (Wildman–Crippen MR) is 76.3 cm³/mol. The van der Waals surface area contributed by atoms with Gasteiger partial charge in [-0.25, -0.2) is 0 Å². The van der Waals surface area contributed by atoms with Crippen LogP contribution in [0.5, 0.6) is 0 Å². The fourth-order valence-electron chi connectivity index (χ4n) is 2.30. The first-order chi connectivity index (χ1) is 7.83. The van der Waals surface area contributed by atoms with Gasteiger partial charge in [0.25, 0.3) is 0 Å². The summed E-state index contributed by atoms with van der Waals surface area (Å²) in [6, 6.07) is 0.728. The summed E-state index contributed by atoms with van der Waals surface area (Å²) < 4.78 is 0. The van der Waals surface area contributed by atoms with Crippen molar-refractivity contribution in [2.75, 3.05) is 18.1 Å². The quantitative estimate of drug-likeness (QED) is 0.645. The van der Waals surface area contributed by atoms with Crippen LogP contribution in [-0.4, -0.2) is 24.1 Å². The van der Waals surface area contributed by atoms with Crippen LogP contribution in [-0.2, 0) is 0 Å². The molecule has 1 rings (SSSR count). The molecule has 0 aromatic rings. The van der Waals surface area contributed by atoms with Crippen LogP contribution in [0.3, 0.4) is 0 Å². The molecule has 2 heteroatoms. The molecule has 1 unspecified atom stereocenters. The Morgan fingerprint density at radius 3 is 2.62 bits per heavy atom. The summed E-state index contributed by atoms with van der Waals surface area (Å²) in [5.74, 6) is 3.73. The molecule has 0 aromatic heterocycles. The molecule has 1 saturated heterocycles. The molecule has 1 aliphatic heterocycles. The Morgan fingerprint density at radius 1 is 1.19 bits per heavy atom. The Kier molecular flexibility index (Phi) is 8.40. The van der Waals surface area contributed by atoms with E-state index in [1.165, 1.54) is 63.0 Å². The topological polar surface area (TPSA) is 12.0 Å². The Balaban J connectivity index is 1.94. The van der Waals surface area contributed by atoms with Crippen LogP contribution < -0.4 is 5.32 Å². The molecule has 96 valence electrons. The van der Waals surface area contributed by atoms with Gasteiger partial charge in [0.2, 0.25) is 0 Å². The van der Waals surface area contributed by atoms with Gasteiger partial charge in [0.15, 0.2) is 0 Å². The van der Waals surface area contributed by atoms with Crippen molar-refractivity contribution >= 4 is 11.8 Å². The number of rotatable bonds is 8. The average molecular weight is 243 g/mol. The first-order valence-corrected chi connectivity index (χ1v) is 8.29. The summed E-state index contributed by atoms with van der Waals surface area (Å²) in [5, 5.41) is 3.72. The van der Waals surface area contributed by atoms with E-state index in [9.17, 15) is 0 Å². The van der Waals surface area contributed by atoms with Gasteiger partial charge in [0.05, 0.1) is 0 Å². The Bertz CT molecular complexity index is 155. The lowest BCUT2D eigenvalue weighted by molar-refractivity contribution is 0.399. The van der Waals surface area contributed by atoms with Crippen molar-refractivity contribution in [1.82, 2.24) is 5.32 Å². The first kappa shape index (κ1) is 14.4. The van der Waals surface area contributed by atoms with Crippen molar-refractivity contribution in [1.29, 1.82) is 0 Å². The lowest BCUT2D eigenvalue weighted by atomic mass is 10.0. The van der Waals surface area contributed by atoms with E-state index in [-0.39, 0.29) is 0 Å². The molecule has 16 heavy (non-hydrogen) atoms. The maximum Gasteiger partial charge on any atom is 0.00388 e. The van der Waals surface area contributed by atoms with Gasteiger partial charge >= 0.3 is 0 Å². The predicted octanol–water partition coefficient (Wildman–Crippen LogP) is 4.08. The molecule has 1 nitrogen and oxygen atoms in total. The second-order valence-corrected chi connectivity index (χ2v) is 6.44. The highest BCUT2D eigenvalue weighted by Gasteiger charge is 2.13. The molecule has 0 aromatic carbocycles. The number of hydrogen-bond donors (Lipinski definition) is 1. The third kappa shape index (κ3) is 6.80. The molecular formula is C14H29NS. The molecule has 0 radical (unpaired) electrons.